The van der Waals surface area contributed by atoms with Crippen molar-refractivity contribution in [2.75, 3.05) is 5.73 Å². The lowest BCUT2D eigenvalue weighted by Gasteiger charge is -2.09. The molecule has 0 spiro atoms. The second-order valence-electron chi connectivity index (χ2n) is 32.3. The average Bonchev–Trinajstić information content (AvgIpc) is 1.60. The van der Waals surface area contributed by atoms with Crippen molar-refractivity contribution in [3.8, 4) is 80.4 Å². The summed E-state index contributed by atoms with van der Waals surface area (Å²) in [5, 5.41) is 64.5. The van der Waals surface area contributed by atoms with Crippen molar-refractivity contribution >= 4 is 198 Å². The minimum atomic E-state index is -1.53. The van der Waals surface area contributed by atoms with E-state index in [-0.39, 0.29) is 5.75 Å². The monoisotopic (exact) mass is 2180 g/mol. The van der Waals surface area contributed by atoms with Crippen LogP contribution in [-0.4, -0.2) is 87.7 Å². The summed E-state index contributed by atoms with van der Waals surface area (Å²) >= 11 is 17.0. The Morgan fingerprint density at radius 1 is 0.246 bits per heavy atom. The van der Waals surface area contributed by atoms with Crippen LogP contribution >= 0.6 is 79.6 Å². The summed E-state index contributed by atoms with van der Waals surface area (Å²) in [4.78, 5) is 22.0. The second kappa shape index (κ2) is 45.6. The van der Waals surface area contributed by atoms with Gasteiger partial charge in [-0.1, -0.05) is 252 Å². The first-order chi connectivity index (χ1) is 69.4. The number of rotatable bonds is 12. The zero-order valence-electron chi connectivity index (χ0n) is 75.6. The molecular formula is C116H85B2Br5N10O9. The highest BCUT2D eigenvalue weighted by atomic mass is 79.9. The highest BCUT2D eigenvalue weighted by Crippen LogP contribution is 2.42. The molecule has 0 unspecified atom stereocenters. The molecule has 25 rings (SSSR count). The van der Waals surface area contributed by atoms with Gasteiger partial charge in [-0.25, -0.2) is 24.9 Å². The molecule has 694 valence electrons. The lowest BCUT2D eigenvalue weighted by Crippen LogP contribution is -2.29. The van der Waals surface area contributed by atoms with Gasteiger partial charge in [0.1, 0.15) is 73.9 Å². The molecule has 0 radical (unpaired) electrons. The molecule has 0 aliphatic heterocycles. The van der Waals surface area contributed by atoms with E-state index in [4.69, 9.17) is 30.2 Å². The van der Waals surface area contributed by atoms with E-state index in [1.165, 1.54) is 59.3 Å². The molecule has 24 aromatic rings. The number of benzene rings is 15. The number of phenols is 2. The van der Waals surface area contributed by atoms with Crippen molar-refractivity contribution < 1.29 is 44.5 Å². The number of aromatic hydroxyl groups is 2. The van der Waals surface area contributed by atoms with Crippen molar-refractivity contribution in [2.24, 2.45) is 0 Å². The fourth-order valence-electron chi connectivity index (χ4n) is 16.8. The molecule has 0 saturated carbocycles. The van der Waals surface area contributed by atoms with E-state index in [2.05, 4.69) is 268 Å². The van der Waals surface area contributed by atoms with E-state index in [1.807, 2.05) is 200 Å². The third-order valence-electron chi connectivity index (χ3n) is 23.0. The minimum Gasteiger partial charge on any atom is -0.508 e. The van der Waals surface area contributed by atoms with Gasteiger partial charge in [0.15, 0.2) is 0 Å². The van der Waals surface area contributed by atoms with Crippen LogP contribution in [0.15, 0.2) is 478 Å². The number of fused-ring (bicyclic) bond motifs is 15. The molecule has 9 heterocycles. The molecule has 1 aliphatic carbocycles. The van der Waals surface area contributed by atoms with Crippen molar-refractivity contribution in [2.45, 2.75) is 6.42 Å². The van der Waals surface area contributed by atoms with Crippen LogP contribution in [0.4, 0.5) is 5.69 Å². The van der Waals surface area contributed by atoms with Gasteiger partial charge in [0, 0.05) is 110 Å². The zero-order valence-corrected chi connectivity index (χ0v) is 83.5. The molecule has 8 N–H and O–H groups in total. The number of phenolic OH excluding ortho intramolecular Hbond substituents is 2. The number of halogens is 5. The number of nitrogens with zero attached hydrogens (tertiary/aromatic N) is 9. The normalized spacial score (nSPS) is 10.9. The van der Waals surface area contributed by atoms with Crippen LogP contribution in [0.2, 0.25) is 0 Å². The van der Waals surface area contributed by atoms with E-state index in [1.54, 1.807) is 110 Å². The van der Waals surface area contributed by atoms with Gasteiger partial charge in [-0.3, -0.25) is 18.3 Å². The van der Waals surface area contributed by atoms with Crippen LogP contribution in [0.25, 0.3) is 122 Å². The average molecular weight is 2180 g/mol. The third-order valence-corrected chi connectivity index (χ3v) is 25.5. The molecule has 26 heteroatoms. The van der Waals surface area contributed by atoms with Crippen LogP contribution in [0.5, 0.6) is 46.0 Å². The first-order valence-electron chi connectivity index (χ1n) is 44.9. The lowest BCUT2D eigenvalue weighted by molar-refractivity contribution is 0.424. The standard InChI is InChI=1S/2C23H17BN2O3.C23H15BrN2O.C17H11BrN2.C13H9Br.C6H5BrO.C6H7NO.C5H4BrN/c2*27-24(28)16-6-5-7-17(14-16)29-18-11-12-20-19-8-1-2-9-21(19)26(22(20)15-18)23-10-3-4-13-25-23;24-16-6-5-7-17(14-16)27-18-11-12-20-19-8-1-2-9-21(19)26(22(20)15-18)23-10-3-4-13-25-23;18-12-8-9-14-13-5-1-2-6-15(13)20(16(14)11-12)17-7-3-4-10-19-17;14-11-5-6-13-10(8-11)7-9-3-1-2-4-12(9)13;7-5-2-1-3-6(8)4-5;7-5-3-1-2-4-6(5)8;6-5-3-1-2-4-7-5/h2*1-15,27-28H;1-15H;1-11H;1-6,8H,7H2;1-4,8H;1-4,8H,7H2;1-4H. The number of anilines is 1. The summed E-state index contributed by atoms with van der Waals surface area (Å²) in [5.74, 6) is 7.91. The maximum atomic E-state index is 9.39. The van der Waals surface area contributed by atoms with Crippen LogP contribution in [-0.2, 0) is 6.42 Å². The predicted octanol–water partition coefficient (Wildman–Crippen LogP) is 28.0. The van der Waals surface area contributed by atoms with Gasteiger partial charge < -0.3 is 50.3 Å². The number of nitrogen functional groups attached to an aromatic ring is 1. The Labute approximate surface area is 859 Å². The summed E-state index contributed by atoms with van der Waals surface area (Å²) in [7, 11) is -3.07. The molecule has 0 atom stereocenters. The van der Waals surface area contributed by atoms with E-state index in [9.17, 15) is 20.1 Å². The van der Waals surface area contributed by atoms with E-state index in [0.29, 0.717) is 45.4 Å². The maximum absolute atomic E-state index is 9.39. The summed E-state index contributed by atoms with van der Waals surface area (Å²) in [6, 6.07) is 137. The molecule has 0 amide bonds. The van der Waals surface area contributed by atoms with Gasteiger partial charge in [-0.15, -0.1) is 0 Å². The van der Waals surface area contributed by atoms with Crippen molar-refractivity contribution in [3.63, 3.8) is 0 Å². The minimum absolute atomic E-state index is 0.146. The molecule has 142 heavy (non-hydrogen) atoms. The van der Waals surface area contributed by atoms with Crippen molar-refractivity contribution in [3.05, 3.63) is 489 Å². The largest absolute Gasteiger partial charge is 0.508 e. The molecule has 0 bridgehead atoms. The maximum Gasteiger partial charge on any atom is 0.488 e. The Bertz CT molecular complexity index is 8290. The summed E-state index contributed by atoms with van der Waals surface area (Å²) in [5.41, 5.74) is 20.8. The molecule has 19 nitrogen and oxygen atoms in total. The number of nitrogens with two attached hydrogens (primary N) is 1. The van der Waals surface area contributed by atoms with Crippen LogP contribution < -0.4 is 30.9 Å². The summed E-state index contributed by atoms with van der Waals surface area (Å²) in [6.07, 6.45) is 10.0. The lowest BCUT2D eigenvalue weighted by atomic mass is 9.80. The smallest absolute Gasteiger partial charge is 0.488 e. The van der Waals surface area contributed by atoms with Crippen molar-refractivity contribution in [1.82, 2.24) is 43.2 Å². The topological polar surface area (TPSA) is 259 Å². The fourth-order valence-corrected chi connectivity index (χ4v) is 18.5. The molecule has 9 aromatic heterocycles. The number of pyridine rings is 5. The zero-order chi connectivity index (χ0) is 98.0. The first-order valence-corrected chi connectivity index (χ1v) is 48.9. The molecule has 1 aliphatic rings. The Morgan fingerprint density at radius 2 is 0.570 bits per heavy atom. The molecule has 0 saturated heterocycles. The number of hydrogen-bond donors (Lipinski definition) is 7. The third kappa shape index (κ3) is 22.9. The second-order valence-corrected chi connectivity index (χ2v) is 36.8. The molecule has 15 aromatic carbocycles. The van der Waals surface area contributed by atoms with Crippen LogP contribution in [0.1, 0.15) is 11.1 Å². The van der Waals surface area contributed by atoms with Crippen LogP contribution in [0, 0.1) is 0 Å². The quantitative estimate of drug-likeness (QED) is 0.0260. The fraction of sp³-hybridized carbons (Fsp3) is 0.00862. The Hall–Kier alpha value is -15.6. The van der Waals surface area contributed by atoms with E-state index >= 15 is 0 Å². The van der Waals surface area contributed by atoms with Gasteiger partial charge in [0.05, 0.1) is 49.8 Å². The van der Waals surface area contributed by atoms with Gasteiger partial charge >= 0.3 is 14.2 Å². The van der Waals surface area contributed by atoms with E-state index in [0.717, 1.165) is 114 Å². The highest BCUT2D eigenvalue weighted by Gasteiger charge is 2.22. The van der Waals surface area contributed by atoms with E-state index < -0.39 is 14.2 Å². The first kappa shape index (κ1) is 96.7. The number of para-hydroxylation sites is 6. The number of hydrogen-bond acceptors (Lipinski definition) is 15. The highest BCUT2D eigenvalue weighted by molar-refractivity contribution is 9.11. The van der Waals surface area contributed by atoms with Crippen LogP contribution in [0.3, 0.4) is 0 Å². The number of ether oxygens (including phenoxy) is 3. The predicted molar refractivity (Wildman–Crippen MR) is 592 cm³/mol. The summed E-state index contributed by atoms with van der Waals surface area (Å²) < 4.78 is 31.7. The molecule has 0 fully saturated rings. The van der Waals surface area contributed by atoms with Gasteiger partial charge in [-0.2, -0.15) is 0 Å². The Morgan fingerprint density at radius 3 is 0.937 bits per heavy atom. The Balaban J connectivity index is 0.000000112. The Kier molecular flexibility index (Phi) is 31.0. The summed E-state index contributed by atoms with van der Waals surface area (Å²) in [6.45, 7) is 0. The van der Waals surface area contributed by atoms with Gasteiger partial charge in [0.2, 0.25) is 0 Å². The number of aromatic nitrogens is 9. The van der Waals surface area contributed by atoms with Gasteiger partial charge in [-0.05, 0) is 274 Å². The van der Waals surface area contributed by atoms with Crippen molar-refractivity contribution in [1.29, 1.82) is 0 Å². The molecular weight excluding hydrogens is 2100 g/mol. The SMILES string of the molecule is Brc1ccc2c(c1)Cc1ccccc1-2.Brc1ccc2c3ccccc3n(-c3ccccn3)c2c1.Brc1cccc(Oc2ccc3c4ccccc4n(-c4ccccn4)c3c2)c1.Brc1ccccn1.Nc1ccccc1O.OB(O)c1cccc(Oc2ccc3c4ccccc4n(-c4ccccn4)c3c2)c1.OB(O)c1cccc(Oc2ccc3c4ccccc4n(-c4ccccn4)c3c2)c1.Oc1cccc(Br)c1. The van der Waals surface area contributed by atoms with Gasteiger partial charge in [0.25, 0.3) is 0 Å².